The lowest BCUT2D eigenvalue weighted by atomic mass is 10.3. The highest BCUT2D eigenvalue weighted by molar-refractivity contribution is 5.92. The van der Waals surface area contributed by atoms with Gasteiger partial charge in [0.1, 0.15) is 5.69 Å². The molecule has 0 saturated carbocycles. The van der Waals surface area contributed by atoms with Crippen LogP contribution in [-0.4, -0.2) is 27.2 Å². The van der Waals surface area contributed by atoms with Gasteiger partial charge in [0.2, 0.25) is 0 Å². The highest BCUT2D eigenvalue weighted by atomic mass is 16.6. The number of hydrogen-bond acceptors (Lipinski definition) is 5. The predicted molar refractivity (Wildman–Crippen MR) is 78.5 cm³/mol. The second kappa shape index (κ2) is 7.02. The molecule has 8 nitrogen and oxygen atoms in total. The second-order valence-corrected chi connectivity index (χ2v) is 4.24. The fourth-order valence-electron chi connectivity index (χ4n) is 1.68. The summed E-state index contributed by atoms with van der Waals surface area (Å²) in [6.45, 7) is 3.81. The molecule has 8 heteroatoms. The first kappa shape index (κ1) is 15.2. The number of aromatic nitrogens is 2. The van der Waals surface area contributed by atoms with Crippen LogP contribution in [0.2, 0.25) is 0 Å². The van der Waals surface area contributed by atoms with Crippen molar-refractivity contribution in [2.75, 3.05) is 6.54 Å². The average Bonchev–Trinajstić information content (AvgIpc) is 2.99. The van der Waals surface area contributed by atoms with Crippen LogP contribution in [0.3, 0.4) is 0 Å². The zero-order chi connectivity index (χ0) is 15.9. The number of para-hydroxylation sites is 2. The van der Waals surface area contributed by atoms with Crippen molar-refractivity contribution >= 4 is 11.6 Å². The summed E-state index contributed by atoms with van der Waals surface area (Å²) < 4.78 is 6.74. The van der Waals surface area contributed by atoms with E-state index in [1.807, 2.05) is 0 Å². The molecule has 1 aromatic carbocycles. The summed E-state index contributed by atoms with van der Waals surface area (Å²) in [5, 5.41) is 17.5. The number of hydrogen-bond donors (Lipinski definition) is 1. The lowest BCUT2D eigenvalue weighted by Gasteiger charge is -2.06. The average molecular weight is 302 g/mol. The molecule has 1 N–H and O–H groups in total. The molecular formula is C14H14N4O4. The van der Waals surface area contributed by atoms with Crippen LogP contribution in [0, 0.1) is 10.1 Å². The lowest BCUT2D eigenvalue weighted by Crippen LogP contribution is -2.24. The van der Waals surface area contributed by atoms with Gasteiger partial charge in [-0.05, 0) is 12.1 Å². The fourth-order valence-corrected chi connectivity index (χ4v) is 1.68. The molecule has 2 aromatic rings. The first-order valence-electron chi connectivity index (χ1n) is 6.40. The summed E-state index contributed by atoms with van der Waals surface area (Å²) in [5.74, 6) is -0.190. The minimum absolute atomic E-state index is 0.0421. The fraction of sp³-hybridized carbons (Fsp3) is 0.143. The van der Waals surface area contributed by atoms with Gasteiger partial charge in [0.15, 0.2) is 12.5 Å². The van der Waals surface area contributed by atoms with Gasteiger partial charge >= 0.3 is 5.69 Å². The second-order valence-electron chi connectivity index (χ2n) is 4.24. The number of carbonyl (C=O) groups excluding carboxylic acids is 1. The van der Waals surface area contributed by atoms with Crippen molar-refractivity contribution in [1.29, 1.82) is 0 Å². The summed E-state index contributed by atoms with van der Waals surface area (Å²) in [4.78, 5) is 22.0. The highest BCUT2D eigenvalue weighted by Gasteiger charge is 2.14. The van der Waals surface area contributed by atoms with Crippen LogP contribution in [0.15, 0.2) is 49.2 Å². The number of carbonyl (C=O) groups is 1. The Balaban J connectivity index is 2.01. The van der Waals surface area contributed by atoms with Crippen molar-refractivity contribution in [1.82, 2.24) is 15.1 Å². The number of nitro groups is 1. The summed E-state index contributed by atoms with van der Waals surface area (Å²) in [6, 6.07) is 7.58. The van der Waals surface area contributed by atoms with E-state index in [1.54, 1.807) is 24.4 Å². The minimum atomic E-state index is -0.521. The first-order chi connectivity index (χ1) is 10.6. The van der Waals surface area contributed by atoms with Crippen molar-refractivity contribution < 1.29 is 14.5 Å². The first-order valence-corrected chi connectivity index (χ1v) is 6.40. The van der Waals surface area contributed by atoms with E-state index >= 15 is 0 Å². The van der Waals surface area contributed by atoms with E-state index in [0.29, 0.717) is 6.54 Å². The quantitative estimate of drug-likeness (QED) is 0.477. The van der Waals surface area contributed by atoms with Gasteiger partial charge < -0.3 is 10.1 Å². The Labute approximate surface area is 126 Å². The topological polar surface area (TPSA) is 99.3 Å². The SMILES string of the molecule is C=CCNC(=O)c1ccn(COc2ccccc2[N+](=O)[O-])n1. The molecule has 0 aliphatic heterocycles. The Morgan fingerprint density at radius 1 is 1.45 bits per heavy atom. The van der Waals surface area contributed by atoms with Crippen LogP contribution in [0.4, 0.5) is 5.69 Å². The molecule has 1 amide bonds. The Morgan fingerprint density at radius 3 is 2.95 bits per heavy atom. The van der Waals surface area contributed by atoms with Crippen LogP contribution >= 0.6 is 0 Å². The molecule has 114 valence electrons. The van der Waals surface area contributed by atoms with E-state index in [4.69, 9.17) is 4.74 Å². The van der Waals surface area contributed by atoms with Gasteiger partial charge in [-0.2, -0.15) is 5.10 Å². The summed E-state index contributed by atoms with van der Waals surface area (Å²) >= 11 is 0. The number of rotatable bonds is 7. The lowest BCUT2D eigenvalue weighted by molar-refractivity contribution is -0.386. The van der Waals surface area contributed by atoms with E-state index < -0.39 is 4.92 Å². The van der Waals surface area contributed by atoms with Gasteiger partial charge in [-0.25, -0.2) is 4.68 Å². The Kier molecular flexibility index (Phi) is 4.86. The molecule has 22 heavy (non-hydrogen) atoms. The van der Waals surface area contributed by atoms with Crippen LogP contribution in [0.25, 0.3) is 0 Å². The van der Waals surface area contributed by atoms with Crippen molar-refractivity contribution in [2.45, 2.75) is 6.73 Å². The molecular weight excluding hydrogens is 288 g/mol. The number of nitrogens with zero attached hydrogens (tertiary/aromatic N) is 3. The Bertz CT molecular complexity index is 696. The maximum atomic E-state index is 11.7. The van der Waals surface area contributed by atoms with Gasteiger partial charge in [0, 0.05) is 18.8 Å². The Morgan fingerprint density at radius 2 is 2.23 bits per heavy atom. The molecule has 0 spiro atoms. The van der Waals surface area contributed by atoms with Crippen LogP contribution in [-0.2, 0) is 6.73 Å². The third kappa shape index (κ3) is 3.69. The molecule has 0 bridgehead atoms. The molecule has 1 heterocycles. The molecule has 0 atom stereocenters. The van der Waals surface area contributed by atoms with E-state index in [-0.39, 0.29) is 29.8 Å². The van der Waals surface area contributed by atoms with Crippen molar-refractivity contribution in [3.8, 4) is 5.75 Å². The van der Waals surface area contributed by atoms with E-state index in [2.05, 4.69) is 17.0 Å². The van der Waals surface area contributed by atoms with E-state index in [0.717, 1.165) is 0 Å². The Hall–Kier alpha value is -3.16. The zero-order valence-electron chi connectivity index (χ0n) is 11.6. The molecule has 0 unspecified atom stereocenters. The molecule has 2 rings (SSSR count). The zero-order valence-corrected chi connectivity index (χ0v) is 11.6. The highest BCUT2D eigenvalue weighted by Crippen LogP contribution is 2.25. The molecule has 0 aliphatic carbocycles. The van der Waals surface area contributed by atoms with E-state index in [9.17, 15) is 14.9 Å². The molecule has 1 aromatic heterocycles. The monoisotopic (exact) mass is 302 g/mol. The van der Waals surface area contributed by atoms with E-state index in [1.165, 1.54) is 22.9 Å². The number of amides is 1. The maximum absolute atomic E-state index is 11.7. The number of ether oxygens (including phenoxy) is 1. The summed E-state index contributed by atoms with van der Waals surface area (Å²) in [7, 11) is 0. The van der Waals surface area contributed by atoms with Crippen LogP contribution in [0.5, 0.6) is 5.75 Å². The van der Waals surface area contributed by atoms with Crippen molar-refractivity contribution in [2.24, 2.45) is 0 Å². The molecule has 0 saturated heterocycles. The summed E-state index contributed by atoms with van der Waals surface area (Å²) in [5.41, 5.74) is 0.103. The standard InChI is InChI=1S/C14H14N4O4/c1-2-8-15-14(19)11-7-9-17(16-11)10-22-13-6-4-3-5-12(13)18(20)21/h2-7,9H,1,8,10H2,(H,15,19). The van der Waals surface area contributed by atoms with Crippen molar-refractivity contribution in [3.05, 3.63) is 65.0 Å². The van der Waals surface area contributed by atoms with Gasteiger partial charge in [0.05, 0.1) is 4.92 Å². The predicted octanol–water partition coefficient (Wildman–Crippen LogP) is 1.74. The van der Waals surface area contributed by atoms with Gasteiger partial charge in [-0.1, -0.05) is 18.2 Å². The van der Waals surface area contributed by atoms with Crippen molar-refractivity contribution in [3.63, 3.8) is 0 Å². The summed E-state index contributed by atoms with van der Waals surface area (Å²) in [6.07, 6.45) is 3.12. The largest absolute Gasteiger partial charge is 0.464 e. The third-order valence-corrected chi connectivity index (χ3v) is 2.69. The van der Waals surface area contributed by atoms with Crippen LogP contribution in [0.1, 0.15) is 10.5 Å². The minimum Gasteiger partial charge on any atom is -0.464 e. The number of benzene rings is 1. The number of nitro benzene ring substituents is 1. The molecule has 0 radical (unpaired) electrons. The molecule has 0 aliphatic rings. The molecule has 0 fully saturated rings. The third-order valence-electron chi connectivity index (χ3n) is 2.69. The van der Waals surface area contributed by atoms with Gasteiger partial charge in [-0.15, -0.1) is 6.58 Å². The maximum Gasteiger partial charge on any atom is 0.311 e. The smallest absolute Gasteiger partial charge is 0.311 e. The van der Waals surface area contributed by atoms with Gasteiger partial charge in [-0.3, -0.25) is 14.9 Å². The van der Waals surface area contributed by atoms with Crippen LogP contribution < -0.4 is 10.1 Å². The number of nitrogens with one attached hydrogen (secondary N) is 1. The normalized spacial score (nSPS) is 10.0. The van der Waals surface area contributed by atoms with Gasteiger partial charge in [0.25, 0.3) is 5.91 Å².